The summed E-state index contributed by atoms with van der Waals surface area (Å²) in [4.78, 5) is 55.7. The zero-order chi connectivity index (χ0) is 28.6. The van der Waals surface area contributed by atoms with Crippen LogP contribution in [0.15, 0.2) is 78.9 Å². The monoisotopic (exact) mass is 539 g/mol. The van der Waals surface area contributed by atoms with Crippen LogP contribution < -0.4 is 5.32 Å². The lowest BCUT2D eigenvalue weighted by molar-refractivity contribution is -0.141. The molecule has 0 bridgehead atoms. The van der Waals surface area contributed by atoms with Crippen LogP contribution in [-0.2, 0) is 22.6 Å². The van der Waals surface area contributed by atoms with Crippen molar-refractivity contribution in [3.8, 4) is 0 Å². The summed E-state index contributed by atoms with van der Waals surface area (Å²) in [6, 6.07) is 23.7. The Labute approximate surface area is 236 Å². The molecule has 0 radical (unpaired) electrons. The molecule has 0 fully saturated rings. The SMILES string of the molecule is Cc1ccc(CN(C(=O)CCCN2C(=O)c3ccccc3C2=O)[C@H](Cc2ccccc2)C(=O)NCC(C)C)cc1. The highest BCUT2D eigenvalue weighted by Crippen LogP contribution is 2.23. The molecule has 0 saturated carbocycles. The van der Waals surface area contributed by atoms with Gasteiger partial charge in [0.25, 0.3) is 11.8 Å². The summed E-state index contributed by atoms with van der Waals surface area (Å²) in [7, 11) is 0. The number of nitrogens with one attached hydrogen (secondary N) is 1. The number of carbonyl (C=O) groups is 4. The van der Waals surface area contributed by atoms with Gasteiger partial charge in [-0.2, -0.15) is 0 Å². The van der Waals surface area contributed by atoms with Crippen molar-refractivity contribution in [2.45, 2.75) is 52.6 Å². The Morgan fingerprint density at radius 3 is 2.02 bits per heavy atom. The van der Waals surface area contributed by atoms with Crippen molar-refractivity contribution in [2.24, 2.45) is 5.92 Å². The number of aryl methyl sites for hydroxylation is 1. The molecule has 7 nitrogen and oxygen atoms in total. The van der Waals surface area contributed by atoms with Gasteiger partial charge < -0.3 is 10.2 Å². The zero-order valence-corrected chi connectivity index (χ0v) is 23.4. The predicted octanol–water partition coefficient (Wildman–Crippen LogP) is 4.78. The summed E-state index contributed by atoms with van der Waals surface area (Å²) in [6.07, 6.45) is 0.781. The molecule has 0 saturated heterocycles. The van der Waals surface area contributed by atoms with E-state index in [2.05, 4.69) is 5.32 Å². The van der Waals surface area contributed by atoms with E-state index in [4.69, 9.17) is 0 Å². The zero-order valence-electron chi connectivity index (χ0n) is 23.4. The third-order valence-corrected chi connectivity index (χ3v) is 7.08. The van der Waals surface area contributed by atoms with Gasteiger partial charge in [0.15, 0.2) is 0 Å². The first-order valence-electron chi connectivity index (χ1n) is 13.9. The van der Waals surface area contributed by atoms with Crippen LogP contribution in [0.3, 0.4) is 0 Å². The van der Waals surface area contributed by atoms with Gasteiger partial charge in [0.05, 0.1) is 11.1 Å². The molecule has 0 unspecified atom stereocenters. The first kappa shape index (κ1) is 28.7. The van der Waals surface area contributed by atoms with Gasteiger partial charge in [-0.1, -0.05) is 86.1 Å². The first-order chi connectivity index (χ1) is 19.2. The topological polar surface area (TPSA) is 86.8 Å². The van der Waals surface area contributed by atoms with Crippen LogP contribution in [0.25, 0.3) is 0 Å². The minimum atomic E-state index is -0.714. The Kier molecular flexibility index (Phi) is 9.48. The number of rotatable bonds is 12. The number of imide groups is 1. The first-order valence-corrected chi connectivity index (χ1v) is 13.9. The number of benzene rings is 3. The van der Waals surface area contributed by atoms with Gasteiger partial charge in [-0.25, -0.2) is 0 Å². The van der Waals surface area contributed by atoms with Crippen molar-refractivity contribution < 1.29 is 19.2 Å². The van der Waals surface area contributed by atoms with Gasteiger partial charge in [0, 0.05) is 32.5 Å². The van der Waals surface area contributed by atoms with Gasteiger partial charge in [-0.3, -0.25) is 24.1 Å². The largest absolute Gasteiger partial charge is 0.354 e. The maximum Gasteiger partial charge on any atom is 0.261 e. The fraction of sp³-hybridized carbons (Fsp3) is 0.333. The standard InChI is InChI=1S/C33H37N3O4/c1-23(2)21-34-31(38)29(20-25-10-5-4-6-11-25)36(22-26-17-15-24(3)16-18-26)30(37)14-9-19-35-32(39)27-12-7-8-13-28(27)33(35)40/h4-8,10-13,15-18,23,29H,9,14,19-22H2,1-3H3,(H,34,38)/t29-/m1/s1. The molecule has 7 heteroatoms. The van der Waals surface area contributed by atoms with Crippen LogP contribution in [0.5, 0.6) is 0 Å². The van der Waals surface area contributed by atoms with E-state index < -0.39 is 6.04 Å². The number of nitrogens with zero attached hydrogens (tertiary/aromatic N) is 2. The second-order valence-electron chi connectivity index (χ2n) is 10.8. The van der Waals surface area contributed by atoms with Gasteiger partial charge in [0.2, 0.25) is 11.8 Å². The fourth-order valence-corrected chi connectivity index (χ4v) is 4.84. The molecular weight excluding hydrogens is 502 g/mol. The van der Waals surface area contributed by atoms with E-state index in [-0.39, 0.29) is 49.1 Å². The highest BCUT2D eigenvalue weighted by Gasteiger charge is 2.35. The maximum atomic E-state index is 13.8. The van der Waals surface area contributed by atoms with Crippen LogP contribution in [0.2, 0.25) is 0 Å². The van der Waals surface area contributed by atoms with Gasteiger partial charge in [0.1, 0.15) is 6.04 Å². The molecule has 40 heavy (non-hydrogen) atoms. The summed E-state index contributed by atoms with van der Waals surface area (Å²) in [5, 5.41) is 3.02. The molecule has 1 atom stereocenters. The lowest BCUT2D eigenvalue weighted by Crippen LogP contribution is -2.51. The predicted molar refractivity (Wildman–Crippen MR) is 155 cm³/mol. The third kappa shape index (κ3) is 7.03. The summed E-state index contributed by atoms with van der Waals surface area (Å²) in [5.74, 6) is -0.794. The Morgan fingerprint density at radius 2 is 1.43 bits per heavy atom. The number of hydrogen-bond donors (Lipinski definition) is 1. The molecule has 3 aromatic carbocycles. The molecule has 1 aliphatic rings. The number of amides is 4. The summed E-state index contributed by atoms with van der Waals surface area (Å²) >= 11 is 0. The Hall–Kier alpha value is -4.26. The molecule has 3 aromatic rings. The van der Waals surface area contributed by atoms with Crippen LogP contribution >= 0.6 is 0 Å². The molecule has 4 rings (SSSR count). The van der Waals surface area contributed by atoms with Crippen LogP contribution in [0.4, 0.5) is 0 Å². The average molecular weight is 540 g/mol. The second kappa shape index (κ2) is 13.2. The summed E-state index contributed by atoms with van der Waals surface area (Å²) < 4.78 is 0. The van der Waals surface area contributed by atoms with E-state index in [1.54, 1.807) is 29.2 Å². The van der Waals surface area contributed by atoms with Crippen molar-refractivity contribution in [1.29, 1.82) is 0 Å². The van der Waals surface area contributed by atoms with E-state index in [1.807, 2.05) is 75.4 Å². The summed E-state index contributed by atoms with van der Waals surface area (Å²) in [6.45, 7) is 6.99. The number of carbonyl (C=O) groups excluding carboxylic acids is 4. The average Bonchev–Trinajstić information content (AvgIpc) is 3.20. The summed E-state index contributed by atoms with van der Waals surface area (Å²) in [5.41, 5.74) is 3.78. The van der Waals surface area contributed by atoms with Crippen molar-refractivity contribution in [3.05, 3.63) is 107 Å². The maximum absolute atomic E-state index is 13.8. The van der Waals surface area contributed by atoms with E-state index in [1.165, 1.54) is 4.90 Å². The number of fused-ring (bicyclic) bond motifs is 1. The molecule has 0 aromatic heterocycles. The fourth-order valence-electron chi connectivity index (χ4n) is 4.84. The Morgan fingerprint density at radius 1 is 0.825 bits per heavy atom. The quantitative estimate of drug-likeness (QED) is 0.336. The molecule has 208 valence electrons. The molecule has 0 spiro atoms. The minimum absolute atomic E-state index is 0.0992. The third-order valence-electron chi connectivity index (χ3n) is 7.08. The highest BCUT2D eigenvalue weighted by atomic mass is 16.2. The minimum Gasteiger partial charge on any atom is -0.354 e. The molecular formula is C33H37N3O4. The number of hydrogen-bond acceptors (Lipinski definition) is 4. The van der Waals surface area contributed by atoms with E-state index >= 15 is 0 Å². The Bertz CT molecular complexity index is 1320. The van der Waals surface area contributed by atoms with E-state index in [0.29, 0.717) is 30.5 Å². The Balaban J connectivity index is 1.53. The molecule has 4 amide bonds. The lowest BCUT2D eigenvalue weighted by atomic mass is 10.0. The molecule has 1 aliphatic heterocycles. The molecule has 0 aliphatic carbocycles. The molecule has 1 N–H and O–H groups in total. The van der Waals surface area contributed by atoms with Crippen LogP contribution in [-0.4, -0.2) is 52.6 Å². The smallest absolute Gasteiger partial charge is 0.261 e. The van der Waals surface area contributed by atoms with Gasteiger partial charge in [-0.05, 0) is 42.5 Å². The van der Waals surface area contributed by atoms with Gasteiger partial charge >= 0.3 is 0 Å². The molecule has 1 heterocycles. The van der Waals surface area contributed by atoms with Crippen molar-refractivity contribution in [3.63, 3.8) is 0 Å². The highest BCUT2D eigenvalue weighted by molar-refractivity contribution is 6.21. The normalized spacial score (nSPS) is 13.3. The van der Waals surface area contributed by atoms with Crippen LogP contribution in [0.1, 0.15) is 64.1 Å². The van der Waals surface area contributed by atoms with Gasteiger partial charge in [-0.15, -0.1) is 0 Å². The van der Waals surface area contributed by atoms with Crippen molar-refractivity contribution >= 4 is 23.6 Å². The van der Waals surface area contributed by atoms with Crippen molar-refractivity contribution in [2.75, 3.05) is 13.1 Å². The van der Waals surface area contributed by atoms with E-state index in [9.17, 15) is 19.2 Å². The second-order valence-corrected chi connectivity index (χ2v) is 10.8. The lowest BCUT2D eigenvalue weighted by Gasteiger charge is -2.32. The van der Waals surface area contributed by atoms with Crippen molar-refractivity contribution in [1.82, 2.24) is 15.1 Å². The van der Waals surface area contributed by atoms with E-state index in [0.717, 1.165) is 16.7 Å². The van der Waals surface area contributed by atoms with Crippen LogP contribution in [0, 0.1) is 12.8 Å².